The van der Waals surface area contributed by atoms with Crippen molar-refractivity contribution >= 4 is 11.8 Å². The number of aliphatic hydroxyl groups excluding tert-OH is 5. The first-order valence-corrected chi connectivity index (χ1v) is 7.78. The summed E-state index contributed by atoms with van der Waals surface area (Å²) in [6, 6.07) is -2.17. The third-order valence-corrected chi connectivity index (χ3v) is 3.77. The molecule has 1 aliphatic rings. The van der Waals surface area contributed by atoms with Crippen LogP contribution in [0.25, 0.3) is 0 Å². The number of hydrogen-bond donors (Lipinski definition) is 7. The molecule has 1 saturated heterocycles. The zero-order chi connectivity index (χ0) is 19.1. The maximum absolute atomic E-state index is 11.3. The van der Waals surface area contributed by atoms with E-state index in [-0.39, 0.29) is 0 Å². The van der Waals surface area contributed by atoms with E-state index in [2.05, 4.69) is 10.6 Å². The lowest BCUT2D eigenvalue weighted by atomic mass is 9.96. The number of rotatable bonds is 8. The van der Waals surface area contributed by atoms with E-state index in [4.69, 9.17) is 9.47 Å². The molecule has 2 amide bonds. The zero-order valence-corrected chi connectivity index (χ0v) is 14.0. The van der Waals surface area contributed by atoms with Gasteiger partial charge in [0.25, 0.3) is 0 Å². The minimum absolute atomic E-state index is 0.465. The van der Waals surface area contributed by atoms with Crippen LogP contribution < -0.4 is 10.6 Å². The van der Waals surface area contributed by atoms with Crippen LogP contribution in [0.1, 0.15) is 13.8 Å². The summed E-state index contributed by atoms with van der Waals surface area (Å²) in [5, 5.41) is 52.9. The Kier molecular flexibility index (Phi) is 8.65. The van der Waals surface area contributed by atoms with E-state index in [1.165, 1.54) is 13.8 Å². The van der Waals surface area contributed by atoms with Crippen molar-refractivity contribution in [3.8, 4) is 0 Å². The van der Waals surface area contributed by atoms with Gasteiger partial charge in [0.1, 0.15) is 30.5 Å². The van der Waals surface area contributed by atoms with Crippen LogP contribution in [0.2, 0.25) is 0 Å². The number of aliphatic hydroxyl groups is 5. The van der Waals surface area contributed by atoms with Crippen LogP contribution in [0.5, 0.6) is 0 Å². The Morgan fingerprint density at radius 3 is 2.16 bits per heavy atom. The molecule has 0 radical (unpaired) electrons. The summed E-state index contributed by atoms with van der Waals surface area (Å²) in [6.45, 7) is 0.628. The van der Waals surface area contributed by atoms with E-state index in [1.54, 1.807) is 0 Å². The fraction of sp³-hybridized carbons (Fsp3) is 0.857. The second kappa shape index (κ2) is 9.97. The Morgan fingerprint density at radius 2 is 1.72 bits per heavy atom. The predicted octanol–water partition coefficient (Wildman–Crippen LogP) is -4.20. The molecule has 0 aromatic rings. The van der Waals surface area contributed by atoms with Gasteiger partial charge in [0.15, 0.2) is 6.29 Å². The first-order valence-electron chi connectivity index (χ1n) is 7.78. The zero-order valence-electron chi connectivity index (χ0n) is 14.0. The number of amides is 2. The van der Waals surface area contributed by atoms with Crippen LogP contribution in [0.4, 0.5) is 0 Å². The molecule has 1 aliphatic heterocycles. The second-order valence-electron chi connectivity index (χ2n) is 5.78. The lowest BCUT2D eigenvalue weighted by Crippen LogP contribution is -2.66. The molecule has 0 aliphatic carbocycles. The number of nitrogens with one attached hydrogen (secondary N) is 2. The van der Waals surface area contributed by atoms with E-state index in [1.807, 2.05) is 0 Å². The van der Waals surface area contributed by atoms with Crippen molar-refractivity contribution in [3.63, 3.8) is 0 Å². The molecule has 0 bridgehead atoms. The van der Waals surface area contributed by atoms with Crippen LogP contribution in [0.3, 0.4) is 0 Å². The van der Waals surface area contributed by atoms with Gasteiger partial charge in [-0.15, -0.1) is 0 Å². The van der Waals surface area contributed by atoms with E-state index in [9.17, 15) is 35.1 Å². The maximum Gasteiger partial charge on any atom is 0.217 e. The second-order valence-corrected chi connectivity index (χ2v) is 5.78. The highest BCUT2D eigenvalue weighted by molar-refractivity contribution is 5.73. The number of carbonyl (C=O) groups excluding carboxylic acids is 2. The molecule has 1 rings (SSSR count). The third kappa shape index (κ3) is 5.85. The lowest BCUT2D eigenvalue weighted by molar-refractivity contribution is -0.287. The topological polar surface area (TPSA) is 178 Å². The molecule has 11 nitrogen and oxygen atoms in total. The molecule has 146 valence electrons. The number of ether oxygens (including phenoxy) is 2. The van der Waals surface area contributed by atoms with Crippen LogP contribution in [0.15, 0.2) is 0 Å². The molecule has 25 heavy (non-hydrogen) atoms. The van der Waals surface area contributed by atoms with E-state index >= 15 is 0 Å². The van der Waals surface area contributed by atoms with Crippen molar-refractivity contribution in [1.82, 2.24) is 10.6 Å². The average molecular weight is 366 g/mol. The van der Waals surface area contributed by atoms with Crippen LogP contribution in [-0.4, -0.2) is 100.0 Å². The van der Waals surface area contributed by atoms with Crippen molar-refractivity contribution in [1.29, 1.82) is 0 Å². The first-order chi connectivity index (χ1) is 11.7. The van der Waals surface area contributed by atoms with Gasteiger partial charge >= 0.3 is 0 Å². The summed E-state index contributed by atoms with van der Waals surface area (Å²) < 4.78 is 10.9. The molecule has 1 fully saturated rings. The minimum Gasteiger partial charge on any atom is -0.394 e. The van der Waals surface area contributed by atoms with Gasteiger partial charge in [-0.3, -0.25) is 9.59 Å². The van der Waals surface area contributed by atoms with Crippen molar-refractivity contribution < 1.29 is 44.6 Å². The van der Waals surface area contributed by atoms with E-state index in [0.717, 1.165) is 0 Å². The Morgan fingerprint density at radius 1 is 1.08 bits per heavy atom. The summed E-state index contributed by atoms with van der Waals surface area (Å²) in [6.07, 6.45) is -6.64. The SMILES string of the molecule is CC(=O)N[C@H]1[C@@H](O[C@@H](CO)[C@@H](CO)NC(C)=O)O[C@@H](CO)[C@@H](O)[C@H]1O. The smallest absolute Gasteiger partial charge is 0.217 e. The van der Waals surface area contributed by atoms with Gasteiger partial charge in [0.05, 0.1) is 25.9 Å². The van der Waals surface area contributed by atoms with Gasteiger partial charge in [0.2, 0.25) is 11.8 Å². The Balaban J connectivity index is 2.97. The number of hydrogen-bond acceptors (Lipinski definition) is 9. The molecular formula is C14H26N2O9. The predicted molar refractivity (Wildman–Crippen MR) is 82.0 cm³/mol. The average Bonchev–Trinajstić information content (AvgIpc) is 2.56. The minimum atomic E-state index is -1.51. The molecule has 0 spiro atoms. The summed E-state index contributed by atoms with van der Waals surface area (Å²) in [4.78, 5) is 22.5. The van der Waals surface area contributed by atoms with Crippen LogP contribution >= 0.6 is 0 Å². The molecule has 0 unspecified atom stereocenters. The van der Waals surface area contributed by atoms with Crippen molar-refractivity contribution in [2.45, 2.75) is 56.6 Å². The first kappa shape index (κ1) is 21.7. The highest BCUT2D eigenvalue weighted by atomic mass is 16.7. The Labute approximate surface area is 144 Å². The van der Waals surface area contributed by atoms with Gasteiger partial charge in [-0.2, -0.15) is 0 Å². The van der Waals surface area contributed by atoms with Gasteiger partial charge in [-0.05, 0) is 0 Å². The largest absolute Gasteiger partial charge is 0.394 e. The molecule has 7 N–H and O–H groups in total. The molecule has 7 atom stereocenters. The fourth-order valence-electron chi connectivity index (χ4n) is 2.54. The highest BCUT2D eigenvalue weighted by Gasteiger charge is 2.46. The monoisotopic (exact) mass is 366 g/mol. The molecule has 0 aromatic carbocycles. The van der Waals surface area contributed by atoms with Gasteiger partial charge in [0, 0.05) is 13.8 Å². The Bertz CT molecular complexity index is 450. The summed E-state index contributed by atoms with van der Waals surface area (Å²) in [5.41, 5.74) is 0. The molecule has 0 aromatic heterocycles. The normalized spacial score (nSPS) is 31.9. The summed E-state index contributed by atoms with van der Waals surface area (Å²) >= 11 is 0. The maximum atomic E-state index is 11.3. The number of carbonyl (C=O) groups is 2. The van der Waals surface area contributed by atoms with Crippen molar-refractivity contribution in [3.05, 3.63) is 0 Å². The van der Waals surface area contributed by atoms with Gasteiger partial charge in [-0.1, -0.05) is 0 Å². The molecular weight excluding hydrogens is 340 g/mol. The fourth-order valence-corrected chi connectivity index (χ4v) is 2.54. The van der Waals surface area contributed by atoms with Gasteiger partial charge < -0.3 is 45.6 Å². The van der Waals surface area contributed by atoms with Crippen molar-refractivity contribution in [2.24, 2.45) is 0 Å². The van der Waals surface area contributed by atoms with E-state index < -0.39 is 74.4 Å². The molecule has 0 saturated carbocycles. The summed E-state index contributed by atoms with van der Waals surface area (Å²) in [5.74, 6) is -0.996. The molecule has 1 heterocycles. The van der Waals surface area contributed by atoms with Crippen LogP contribution in [-0.2, 0) is 19.1 Å². The quantitative estimate of drug-likeness (QED) is 0.224. The highest BCUT2D eigenvalue weighted by Crippen LogP contribution is 2.23. The van der Waals surface area contributed by atoms with Crippen molar-refractivity contribution in [2.75, 3.05) is 19.8 Å². The third-order valence-electron chi connectivity index (χ3n) is 3.77. The Hall–Kier alpha value is -1.34. The van der Waals surface area contributed by atoms with E-state index in [0.29, 0.717) is 0 Å². The standard InChI is InChI=1S/C14H26N2O9/c1-6(20)15-8(3-17)9(4-18)24-14-11(16-7(2)21)13(23)12(22)10(5-19)25-14/h8-14,17-19,22-23H,3-5H2,1-2H3,(H,15,20)(H,16,21)/t8-,9+,10+,11-,12-,13+,14+/m1/s1. The molecule has 11 heteroatoms. The summed E-state index contributed by atoms with van der Waals surface area (Å²) in [7, 11) is 0. The lowest BCUT2D eigenvalue weighted by Gasteiger charge is -2.43. The van der Waals surface area contributed by atoms with Crippen LogP contribution in [0, 0.1) is 0 Å². The van der Waals surface area contributed by atoms with Gasteiger partial charge in [-0.25, -0.2) is 0 Å².